The third-order valence-electron chi connectivity index (χ3n) is 6.05. The van der Waals surface area contributed by atoms with Crippen LogP contribution in [0.3, 0.4) is 0 Å². The Morgan fingerprint density at radius 1 is 1.24 bits per heavy atom. The summed E-state index contributed by atoms with van der Waals surface area (Å²) >= 11 is 6.65. The van der Waals surface area contributed by atoms with Crippen LogP contribution in [0.2, 0.25) is 5.02 Å². The number of pyridine rings is 1. The molecule has 25 heavy (non-hydrogen) atoms. The van der Waals surface area contributed by atoms with Crippen molar-refractivity contribution < 1.29 is 4.79 Å². The molecule has 5 heteroatoms. The summed E-state index contributed by atoms with van der Waals surface area (Å²) < 4.78 is 0. The fourth-order valence-corrected chi connectivity index (χ4v) is 4.77. The summed E-state index contributed by atoms with van der Waals surface area (Å²) in [5, 5.41) is 5.23. The van der Waals surface area contributed by atoms with Gasteiger partial charge in [0.25, 0.3) is 5.91 Å². The number of carbonyl (C=O) groups excluding carboxylic acids is 1. The number of aryl methyl sites for hydroxylation is 1. The Balaban J connectivity index is 1.55. The molecule has 0 atom stereocenters. The van der Waals surface area contributed by atoms with Crippen molar-refractivity contribution in [2.75, 3.05) is 19.6 Å². The normalized spacial score (nSPS) is 21.4. The second-order valence-corrected chi connectivity index (χ2v) is 8.03. The Morgan fingerprint density at radius 3 is 2.92 bits per heavy atom. The van der Waals surface area contributed by atoms with E-state index < -0.39 is 0 Å². The number of hydrogen-bond donors (Lipinski definition) is 1. The summed E-state index contributed by atoms with van der Waals surface area (Å²) in [6.45, 7) is 2.58. The van der Waals surface area contributed by atoms with Crippen LogP contribution in [0.4, 0.5) is 0 Å². The van der Waals surface area contributed by atoms with E-state index in [0.717, 1.165) is 72.5 Å². The summed E-state index contributed by atoms with van der Waals surface area (Å²) in [6.07, 6.45) is 6.57. The summed E-state index contributed by atoms with van der Waals surface area (Å²) in [4.78, 5) is 20.0. The molecular formula is C20H22ClN3O. The van der Waals surface area contributed by atoms with Gasteiger partial charge in [-0.25, -0.2) is 0 Å². The fraction of sp³-hybridized carbons (Fsp3) is 0.500. The van der Waals surface area contributed by atoms with Gasteiger partial charge in [0.15, 0.2) is 0 Å². The zero-order valence-corrected chi connectivity index (χ0v) is 15.0. The summed E-state index contributed by atoms with van der Waals surface area (Å²) in [7, 11) is 0. The summed E-state index contributed by atoms with van der Waals surface area (Å²) in [6, 6.07) is 5.84. The zero-order valence-electron chi connectivity index (χ0n) is 14.3. The molecule has 130 valence electrons. The highest BCUT2D eigenvalue weighted by Gasteiger charge is 2.51. The Kier molecular flexibility index (Phi) is 3.54. The Morgan fingerprint density at radius 2 is 2.08 bits per heavy atom. The van der Waals surface area contributed by atoms with Gasteiger partial charge in [-0.2, -0.15) is 0 Å². The minimum absolute atomic E-state index is 0.0607. The van der Waals surface area contributed by atoms with E-state index in [2.05, 4.69) is 10.2 Å². The van der Waals surface area contributed by atoms with E-state index in [9.17, 15) is 4.79 Å². The lowest BCUT2D eigenvalue weighted by atomic mass is 9.94. The van der Waals surface area contributed by atoms with Gasteiger partial charge in [0.1, 0.15) is 0 Å². The molecule has 0 radical (unpaired) electrons. The van der Waals surface area contributed by atoms with E-state index in [-0.39, 0.29) is 11.4 Å². The number of rotatable bonds is 1. The molecule has 4 nitrogen and oxygen atoms in total. The van der Waals surface area contributed by atoms with Gasteiger partial charge in [0.2, 0.25) is 0 Å². The van der Waals surface area contributed by atoms with E-state index in [4.69, 9.17) is 16.6 Å². The van der Waals surface area contributed by atoms with Crippen LogP contribution in [-0.2, 0) is 12.8 Å². The van der Waals surface area contributed by atoms with E-state index in [1.807, 2.05) is 18.2 Å². The number of fused-ring (bicyclic) bond motifs is 2. The topological polar surface area (TPSA) is 45.2 Å². The first kappa shape index (κ1) is 15.6. The molecule has 1 amide bonds. The Labute approximate surface area is 152 Å². The van der Waals surface area contributed by atoms with Gasteiger partial charge in [-0.1, -0.05) is 17.7 Å². The molecule has 1 aliphatic heterocycles. The number of carbonyl (C=O) groups is 1. The molecule has 2 aromatic rings. The third kappa shape index (κ3) is 2.46. The number of hydrogen-bond acceptors (Lipinski definition) is 3. The van der Waals surface area contributed by atoms with Gasteiger partial charge in [0, 0.05) is 36.3 Å². The largest absolute Gasteiger partial charge is 0.330 e. The molecule has 5 rings (SSSR count). The van der Waals surface area contributed by atoms with Crippen molar-refractivity contribution in [3.8, 4) is 0 Å². The molecule has 1 aromatic heterocycles. The molecule has 1 aromatic carbocycles. The van der Waals surface area contributed by atoms with Crippen molar-refractivity contribution in [3.05, 3.63) is 40.0 Å². The predicted octanol–water partition coefficient (Wildman–Crippen LogP) is 3.35. The molecule has 1 saturated heterocycles. The zero-order chi connectivity index (χ0) is 17.0. The second-order valence-electron chi connectivity index (χ2n) is 7.65. The van der Waals surface area contributed by atoms with Crippen molar-refractivity contribution in [2.45, 2.75) is 44.1 Å². The lowest BCUT2D eigenvalue weighted by Crippen LogP contribution is -2.55. The number of aromatic nitrogens is 1. The number of amides is 1. The van der Waals surface area contributed by atoms with E-state index >= 15 is 0 Å². The quantitative estimate of drug-likeness (QED) is 0.853. The highest BCUT2D eigenvalue weighted by atomic mass is 35.5. The van der Waals surface area contributed by atoms with Gasteiger partial charge in [-0.05, 0) is 56.2 Å². The lowest BCUT2D eigenvalue weighted by molar-refractivity contribution is 0.0600. The first-order valence-corrected chi connectivity index (χ1v) is 9.69. The van der Waals surface area contributed by atoms with E-state index in [0.29, 0.717) is 0 Å². The summed E-state index contributed by atoms with van der Waals surface area (Å²) in [5.41, 5.74) is 3.98. The van der Waals surface area contributed by atoms with Gasteiger partial charge in [-0.15, -0.1) is 0 Å². The molecule has 0 bridgehead atoms. The van der Waals surface area contributed by atoms with Crippen molar-refractivity contribution in [2.24, 2.45) is 0 Å². The minimum Gasteiger partial charge on any atom is -0.330 e. The molecular weight excluding hydrogens is 334 g/mol. The summed E-state index contributed by atoms with van der Waals surface area (Å²) in [5.74, 6) is 0.136. The average molecular weight is 356 g/mol. The van der Waals surface area contributed by atoms with Gasteiger partial charge >= 0.3 is 0 Å². The Hall–Kier alpha value is -1.65. The van der Waals surface area contributed by atoms with Crippen LogP contribution in [0.1, 0.15) is 47.3 Å². The first-order chi connectivity index (χ1) is 12.2. The standard InChI is InChI=1S/C20H22ClN3O/c21-18-14-3-1-2-4-16(14)23-17-11-13(5-6-15(17)18)19(25)24-10-9-22-12-20(24)7-8-20/h5-6,11,22H,1-4,7-10,12H2. The maximum Gasteiger partial charge on any atom is 0.254 e. The maximum atomic E-state index is 13.1. The van der Waals surface area contributed by atoms with Crippen molar-refractivity contribution in [1.82, 2.24) is 15.2 Å². The molecule has 2 aliphatic carbocycles. The fourth-order valence-electron chi connectivity index (χ4n) is 4.41. The molecule has 1 N–H and O–H groups in total. The average Bonchev–Trinajstić information content (AvgIpc) is 3.41. The van der Waals surface area contributed by atoms with Crippen molar-refractivity contribution in [3.63, 3.8) is 0 Å². The van der Waals surface area contributed by atoms with Crippen LogP contribution < -0.4 is 5.32 Å². The van der Waals surface area contributed by atoms with Crippen LogP contribution in [0.15, 0.2) is 18.2 Å². The minimum atomic E-state index is 0.0607. The van der Waals surface area contributed by atoms with Crippen LogP contribution in [0, 0.1) is 0 Å². The highest BCUT2D eigenvalue weighted by molar-refractivity contribution is 6.36. The molecule has 2 fully saturated rings. The highest BCUT2D eigenvalue weighted by Crippen LogP contribution is 2.43. The number of piperazine rings is 1. The third-order valence-corrected chi connectivity index (χ3v) is 6.48. The smallest absolute Gasteiger partial charge is 0.254 e. The van der Waals surface area contributed by atoms with Crippen LogP contribution in [0.5, 0.6) is 0 Å². The van der Waals surface area contributed by atoms with Crippen LogP contribution in [-0.4, -0.2) is 41.0 Å². The number of halogens is 1. The molecule has 1 spiro atoms. The molecule has 0 unspecified atom stereocenters. The lowest BCUT2D eigenvalue weighted by Gasteiger charge is -2.37. The van der Waals surface area contributed by atoms with Crippen LogP contribution in [0.25, 0.3) is 10.9 Å². The number of benzene rings is 1. The van der Waals surface area contributed by atoms with E-state index in [1.165, 1.54) is 18.4 Å². The SMILES string of the molecule is O=C(c1ccc2c(Cl)c3c(nc2c1)CCCC3)N1CCNCC12CC2. The molecule has 3 aliphatic rings. The van der Waals surface area contributed by atoms with Crippen molar-refractivity contribution >= 4 is 28.4 Å². The molecule has 1 saturated carbocycles. The molecule has 2 heterocycles. The monoisotopic (exact) mass is 355 g/mol. The van der Waals surface area contributed by atoms with Crippen molar-refractivity contribution in [1.29, 1.82) is 0 Å². The number of nitrogens with one attached hydrogen (secondary N) is 1. The van der Waals surface area contributed by atoms with E-state index in [1.54, 1.807) is 0 Å². The van der Waals surface area contributed by atoms with Gasteiger partial charge < -0.3 is 10.2 Å². The maximum absolute atomic E-state index is 13.1. The van der Waals surface area contributed by atoms with Gasteiger partial charge in [-0.3, -0.25) is 9.78 Å². The Bertz CT molecular complexity index is 875. The second kappa shape index (κ2) is 5.68. The first-order valence-electron chi connectivity index (χ1n) is 9.32. The number of nitrogens with zero attached hydrogens (tertiary/aromatic N) is 2. The predicted molar refractivity (Wildman–Crippen MR) is 99.3 cm³/mol. The van der Waals surface area contributed by atoms with Crippen LogP contribution >= 0.6 is 11.6 Å². The van der Waals surface area contributed by atoms with Gasteiger partial charge in [0.05, 0.1) is 16.1 Å².